The van der Waals surface area contributed by atoms with Crippen molar-refractivity contribution in [2.75, 3.05) is 18.4 Å². The molecular weight excluding hydrogens is 420 g/mol. The number of fused-ring (bicyclic) bond motifs is 1. The molecule has 11 heteroatoms. The van der Waals surface area contributed by atoms with Crippen molar-refractivity contribution < 1.29 is 13.3 Å². The van der Waals surface area contributed by atoms with Crippen LogP contribution in [0.1, 0.15) is 38.6 Å². The van der Waals surface area contributed by atoms with Gasteiger partial charge in [0.15, 0.2) is 11.5 Å². The molecule has 2 unspecified atom stereocenters. The third-order valence-electron chi connectivity index (χ3n) is 5.52. The van der Waals surface area contributed by atoms with Crippen molar-refractivity contribution in [1.82, 2.24) is 18.9 Å². The second kappa shape index (κ2) is 8.23. The lowest BCUT2D eigenvalue weighted by molar-refractivity contribution is -0.384. The lowest BCUT2D eigenvalue weighted by atomic mass is 10.0. The fourth-order valence-electron chi connectivity index (χ4n) is 3.91. The molecule has 0 radical (unpaired) electrons. The van der Waals surface area contributed by atoms with E-state index in [1.807, 2.05) is 38.2 Å². The summed E-state index contributed by atoms with van der Waals surface area (Å²) in [7, 11) is -3.79. The Bertz CT molecular complexity index is 1230. The molecule has 1 saturated heterocycles. The van der Waals surface area contributed by atoms with E-state index in [0.29, 0.717) is 24.6 Å². The summed E-state index contributed by atoms with van der Waals surface area (Å²) >= 11 is 0. The van der Waals surface area contributed by atoms with Crippen LogP contribution in [0.5, 0.6) is 0 Å². The Morgan fingerprint density at radius 2 is 2.06 bits per heavy atom. The smallest absolute Gasteiger partial charge is 0.293 e. The molecule has 2 atom stereocenters. The Kier molecular flexibility index (Phi) is 5.63. The molecule has 0 amide bonds. The Morgan fingerprint density at radius 3 is 2.81 bits per heavy atom. The zero-order chi connectivity index (χ0) is 22.2. The van der Waals surface area contributed by atoms with Crippen molar-refractivity contribution in [2.24, 2.45) is 5.92 Å². The van der Waals surface area contributed by atoms with Crippen LogP contribution in [0.25, 0.3) is 5.65 Å². The molecule has 1 aliphatic rings. The molecule has 164 valence electrons. The van der Waals surface area contributed by atoms with E-state index in [9.17, 15) is 18.5 Å². The highest BCUT2D eigenvalue weighted by molar-refractivity contribution is 7.89. The minimum absolute atomic E-state index is 0.0700. The number of sulfonamides is 1. The van der Waals surface area contributed by atoms with Gasteiger partial charge in [-0.05, 0) is 49.9 Å². The molecule has 0 bridgehead atoms. The third-order valence-corrected chi connectivity index (χ3v) is 7.38. The zero-order valence-corrected chi connectivity index (χ0v) is 18.1. The second-order valence-corrected chi connectivity index (χ2v) is 9.84. The number of pyridine rings is 1. The zero-order valence-electron chi connectivity index (χ0n) is 17.3. The lowest BCUT2D eigenvalue weighted by Crippen LogP contribution is -2.39. The van der Waals surface area contributed by atoms with Crippen LogP contribution in [0.2, 0.25) is 0 Å². The molecule has 1 aromatic carbocycles. The maximum absolute atomic E-state index is 13.0. The summed E-state index contributed by atoms with van der Waals surface area (Å²) in [5.41, 5.74) is 0.584. The molecule has 1 N–H and O–H groups in total. The van der Waals surface area contributed by atoms with E-state index in [0.717, 1.165) is 18.9 Å². The van der Waals surface area contributed by atoms with Gasteiger partial charge in [-0.2, -0.15) is 4.31 Å². The number of nitrogens with one attached hydrogen (secondary N) is 1. The van der Waals surface area contributed by atoms with E-state index in [-0.39, 0.29) is 22.2 Å². The van der Waals surface area contributed by atoms with Crippen LogP contribution < -0.4 is 5.32 Å². The number of nitro benzene ring substituents is 1. The standard InChI is InChI=1S/C20H24N6O4S/c1-14-6-5-10-24(13-14)31(29,30)16-8-9-17(18(12-16)26(27)28)21-15(2)20-23-22-19-7-3-4-11-25(19)20/h3-4,7-9,11-12,14-15,21H,5-6,10,13H2,1-2H3. The van der Waals surface area contributed by atoms with Gasteiger partial charge in [0.2, 0.25) is 10.0 Å². The molecule has 0 spiro atoms. The highest BCUT2D eigenvalue weighted by atomic mass is 32.2. The summed E-state index contributed by atoms with van der Waals surface area (Å²) in [6.45, 7) is 4.67. The monoisotopic (exact) mass is 444 g/mol. The fourth-order valence-corrected chi connectivity index (χ4v) is 5.53. The van der Waals surface area contributed by atoms with Crippen LogP contribution in [-0.2, 0) is 10.0 Å². The van der Waals surface area contributed by atoms with Gasteiger partial charge in [0.05, 0.1) is 15.9 Å². The number of nitro groups is 1. The Hall–Kier alpha value is -3.05. The topological polar surface area (TPSA) is 123 Å². The summed E-state index contributed by atoms with van der Waals surface area (Å²) in [5, 5.41) is 23.1. The van der Waals surface area contributed by atoms with Crippen LogP contribution in [0.15, 0.2) is 47.5 Å². The summed E-state index contributed by atoms with van der Waals surface area (Å²) < 4.78 is 29.3. The first-order valence-corrected chi connectivity index (χ1v) is 11.6. The van der Waals surface area contributed by atoms with Crippen molar-refractivity contribution in [2.45, 2.75) is 37.6 Å². The van der Waals surface area contributed by atoms with Gasteiger partial charge in [-0.3, -0.25) is 14.5 Å². The average Bonchev–Trinajstić information content (AvgIpc) is 3.18. The van der Waals surface area contributed by atoms with Crippen molar-refractivity contribution in [3.8, 4) is 0 Å². The minimum atomic E-state index is -3.79. The minimum Gasteiger partial charge on any atom is -0.370 e. The summed E-state index contributed by atoms with van der Waals surface area (Å²) in [6.07, 6.45) is 3.57. The quantitative estimate of drug-likeness (QED) is 0.457. The second-order valence-electron chi connectivity index (χ2n) is 7.90. The van der Waals surface area contributed by atoms with Gasteiger partial charge in [-0.25, -0.2) is 8.42 Å². The molecule has 2 aromatic heterocycles. The normalized spacial score (nSPS) is 18.7. The average molecular weight is 445 g/mol. The van der Waals surface area contributed by atoms with Gasteiger partial charge in [-0.1, -0.05) is 13.0 Å². The van der Waals surface area contributed by atoms with Gasteiger partial charge in [-0.15, -0.1) is 10.2 Å². The highest BCUT2D eigenvalue weighted by Crippen LogP contribution is 2.32. The van der Waals surface area contributed by atoms with Gasteiger partial charge >= 0.3 is 0 Å². The van der Waals surface area contributed by atoms with Gasteiger partial charge in [0.1, 0.15) is 5.69 Å². The molecule has 10 nitrogen and oxygen atoms in total. The third kappa shape index (κ3) is 4.10. The Morgan fingerprint density at radius 1 is 1.26 bits per heavy atom. The van der Waals surface area contributed by atoms with Crippen LogP contribution in [-0.4, -0.2) is 45.3 Å². The van der Waals surface area contributed by atoms with Crippen molar-refractivity contribution in [3.05, 3.63) is 58.5 Å². The SMILES string of the molecule is CC1CCCN(S(=O)(=O)c2ccc(NC(C)c3nnc4ccccn34)c([N+](=O)[O-])c2)C1. The van der Waals surface area contributed by atoms with Crippen molar-refractivity contribution in [1.29, 1.82) is 0 Å². The molecule has 31 heavy (non-hydrogen) atoms. The van der Waals surface area contributed by atoms with E-state index in [2.05, 4.69) is 15.5 Å². The van der Waals surface area contributed by atoms with Crippen molar-refractivity contribution >= 4 is 27.0 Å². The molecule has 1 fully saturated rings. The van der Waals surface area contributed by atoms with E-state index < -0.39 is 21.0 Å². The molecule has 3 aromatic rings. The molecule has 1 aliphatic heterocycles. The first kappa shape index (κ1) is 21.2. The first-order chi connectivity index (χ1) is 14.8. The maximum atomic E-state index is 13.0. The van der Waals surface area contributed by atoms with E-state index in [1.165, 1.54) is 16.4 Å². The molecular formula is C20H24N6O4S. The number of piperidine rings is 1. The summed E-state index contributed by atoms with van der Waals surface area (Å²) in [5.74, 6) is 0.849. The van der Waals surface area contributed by atoms with E-state index in [1.54, 1.807) is 4.40 Å². The molecule has 0 saturated carbocycles. The van der Waals surface area contributed by atoms with Crippen molar-refractivity contribution in [3.63, 3.8) is 0 Å². The Labute approximate surface area is 180 Å². The predicted octanol–water partition coefficient (Wildman–Crippen LogP) is 3.23. The van der Waals surface area contributed by atoms with Crippen LogP contribution in [0, 0.1) is 16.0 Å². The van der Waals surface area contributed by atoms with E-state index in [4.69, 9.17) is 0 Å². The van der Waals surface area contributed by atoms with Gasteiger partial charge in [0.25, 0.3) is 5.69 Å². The Balaban J connectivity index is 1.64. The van der Waals surface area contributed by atoms with Crippen LogP contribution >= 0.6 is 0 Å². The van der Waals surface area contributed by atoms with Gasteiger partial charge < -0.3 is 5.32 Å². The summed E-state index contributed by atoms with van der Waals surface area (Å²) in [4.78, 5) is 11.1. The number of anilines is 1. The number of hydrogen-bond acceptors (Lipinski definition) is 7. The lowest BCUT2D eigenvalue weighted by Gasteiger charge is -2.30. The fraction of sp³-hybridized carbons (Fsp3) is 0.400. The van der Waals surface area contributed by atoms with Gasteiger partial charge in [0, 0.05) is 25.4 Å². The number of aromatic nitrogens is 3. The number of rotatable bonds is 6. The molecule has 3 heterocycles. The van der Waals surface area contributed by atoms with Crippen LogP contribution in [0.4, 0.5) is 11.4 Å². The number of benzene rings is 1. The molecule has 0 aliphatic carbocycles. The number of hydrogen-bond donors (Lipinski definition) is 1. The van der Waals surface area contributed by atoms with E-state index >= 15 is 0 Å². The number of nitrogens with zero attached hydrogens (tertiary/aromatic N) is 5. The largest absolute Gasteiger partial charge is 0.370 e. The molecule has 4 rings (SSSR count). The predicted molar refractivity (Wildman–Crippen MR) is 115 cm³/mol. The first-order valence-electron chi connectivity index (χ1n) is 10.1. The van der Waals surface area contributed by atoms with Crippen LogP contribution in [0.3, 0.4) is 0 Å². The highest BCUT2D eigenvalue weighted by Gasteiger charge is 2.31. The maximum Gasteiger partial charge on any atom is 0.293 e. The summed E-state index contributed by atoms with van der Waals surface area (Å²) in [6, 6.07) is 9.09.